The van der Waals surface area contributed by atoms with Crippen molar-refractivity contribution in [3.8, 4) is 102 Å². The molecule has 0 bridgehead atoms. The van der Waals surface area contributed by atoms with Crippen LogP contribution in [0.4, 0.5) is 34.3 Å². The lowest BCUT2D eigenvalue weighted by atomic mass is 9.81. The van der Waals surface area contributed by atoms with Crippen molar-refractivity contribution in [2.45, 2.75) is 33.1 Å². The van der Waals surface area contributed by atoms with Gasteiger partial charge in [0.15, 0.2) is 29.1 Å². The van der Waals surface area contributed by atoms with Gasteiger partial charge in [0.25, 0.3) is 0 Å². The summed E-state index contributed by atoms with van der Waals surface area (Å²) >= 11 is 0. The molecule has 0 spiro atoms. The summed E-state index contributed by atoms with van der Waals surface area (Å²) in [5.41, 5.74) is 18.1. The second kappa shape index (κ2) is 22.0. The predicted octanol–water partition coefficient (Wildman–Crippen LogP) is 19.3. The Labute approximate surface area is 495 Å². The van der Waals surface area contributed by atoms with Crippen LogP contribution in [0.3, 0.4) is 0 Å². The predicted molar refractivity (Wildman–Crippen MR) is 346 cm³/mol. The van der Waals surface area contributed by atoms with E-state index in [1.54, 1.807) is 0 Å². The maximum absolute atomic E-state index is 5.63. The third-order valence-corrected chi connectivity index (χ3v) is 15.6. The second-order valence-corrected chi connectivity index (χ2v) is 22.2. The summed E-state index contributed by atoms with van der Waals surface area (Å²) < 4.78 is 0. The van der Waals surface area contributed by atoms with Gasteiger partial charge in [0.05, 0.1) is 51.1 Å². The van der Waals surface area contributed by atoms with Crippen molar-refractivity contribution >= 4 is 34.3 Å². The molecule has 0 fully saturated rings. The monoisotopic (exact) mass is 1100 g/mol. The van der Waals surface area contributed by atoms with E-state index in [1.807, 2.05) is 84.9 Å². The highest BCUT2D eigenvalue weighted by atomic mass is 15.3. The number of hydrogen-bond donors (Lipinski definition) is 0. The lowest BCUT2D eigenvalue weighted by Crippen LogP contribution is -2.25. The van der Waals surface area contributed by atoms with E-state index in [9.17, 15) is 0 Å². The molecule has 14 rings (SSSR count). The Bertz CT molecular complexity index is 4350. The van der Waals surface area contributed by atoms with Crippen molar-refractivity contribution in [3.63, 3.8) is 0 Å². The smallest absolute Gasteiger partial charge is 0.166 e. The fourth-order valence-corrected chi connectivity index (χ4v) is 11.6. The standard InChI is InChI=1S/C76H57N9/c1-50-43-44-57(47-59(50)76(2,3)4)69-58(74-78-60(51-27-11-5-12-28-51)48-61(79-74)52-29-13-6-14-30-52)45-46-67(70(69)75-82-72(55-35-19-9-20-36-55)81-73(83-75)56-37-21-10-22-38-56)84-63-39-23-25-41-65(63)85(66-42-26-24-40-64(66)84)68-49-62(53-31-15-7-16-32-53)77-71(80-68)54-33-17-8-18-34-54/h5-49H,1-4H3. The summed E-state index contributed by atoms with van der Waals surface area (Å²) in [7, 11) is 0. The molecule has 13 aromatic rings. The fourth-order valence-electron chi connectivity index (χ4n) is 11.6. The molecule has 85 heavy (non-hydrogen) atoms. The number of benzene rings is 10. The van der Waals surface area contributed by atoms with Gasteiger partial charge >= 0.3 is 0 Å². The molecular formula is C76H57N9. The summed E-state index contributed by atoms with van der Waals surface area (Å²) in [6.45, 7) is 9.02. The van der Waals surface area contributed by atoms with Crippen LogP contribution in [0, 0.1) is 6.92 Å². The molecule has 0 N–H and O–H groups in total. The number of rotatable bonds is 11. The summed E-state index contributed by atoms with van der Waals surface area (Å²) in [5.74, 6) is 3.46. The Kier molecular flexibility index (Phi) is 13.5. The van der Waals surface area contributed by atoms with Gasteiger partial charge in [0.1, 0.15) is 5.82 Å². The zero-order valence-corrected chi connectivity index (χ0v) is 47.5. The van der Waals surface area contributed by atoms with Crippen molar-refractivity contribution in [1.29, 1.82) is 0 Å². The number of aryl methyl sites for hydroxylation is 1. The van der Waals surface area contributed by atoms with Crippen molar-refractivity contribution in [2.24, 2.45) is 0 Å². The SMILES string of the molecule is Cc1ccc(-c2c(-c3nc(-c4ccccc4)cc(-c4ccccc4)n3)ccc(N3c4ccccc4N(c4cc(-c5ccccc5)nc(-c5ccccc5)n4)c4ccccc43)c2-c2nc(-c3ccccc3)nc(-c3ccccc3)n2)cc1C(C)(C)C. The summed E-state index contributed by atoms with van der Waals surface area (Å²) in [6.07, 6.45) is 0. The first-order valence-electron chi connectivity index (χ1n) is 28.6. The van der Waals surface area contributed by atoms with Gasteiger partial charge in [-0.3, -0.25) is 4.90 Å². The molecule has 1 aliphatic rings. The zero-order valence-electron chi connectivity index (χ0n) is 47.5. The first-order valence-corrected chi connectivity index (χ1v) is 28.6. The van der Waals surface area contributed by atoms with Gasteiger partial charge in [-0.15, -0.1) is 0 Å². The Morgan fingerprint density at radius 1 is 0.271 bits per heavy atom. The van der Waals surface area contributed by atoms with Gasteiger partial charge < -0.3 is 4.90 Å². The molecule has 0 saturated heterocycles. The van der Waals surface area contributed by atoms with Gasteiger partial charge in [0, 0.05) is 50.6 Å². The van der Waals surface area contributed by atoms with E-state index in [0.717, 1.165) is 107 Å². The van der Waals surface area contributed by atoms with Crippen LogP contribution in [0.25, 0.3) is 102 Å². The minimum Gasteiger partial charge on any atom is -0.306 e. The van der Waals surface area contributed by atoms with E-state index in [4.69, 9.17) is 34.9 Å². The van der Waals surface area contributed by atoms with Gasteiger partial charge in [-0.2, -0.15) is 0 Å². The summed E-state index contributed by atoms with van der Waals surface area (Å²) in [6, 6.07) is 94.1. The molecule has 0 atom stereocenters. The minimum atomic E-state index is -0.216. The highest BCUT2D eigenvalue weighted by Crippen LogP contribution is 2.57. The molecule has 4 heterocycles. The summed E-state index contributed by atoms with van der Waals surface area (Å²) in [5, 5.41) is 0. The number of nitrogens with zero attached hydrogens (tertiary/aromatic N) is 9. The van der Waals surface area contributed by atoms with Crippen molar-refractivity contribution < 1.29 is 0 Å². The maximum atomic E-state index is 5.63. The first-order chi connectivity index (χ1) is 41.7. The molecule has 10 aromatic carbocycles. The summed E-state index contributed by atoms with van der Waals surface area (Å²) in [4.78, 5) is 42.9. The average Bonchev–Trinajstić information content (AvgIpc) is 1.59. The normalized spacial score (nSPS) is 12.0. The van der Waals surface area contributed by atoms with Gasteiger partial charge in [-0.25, -0.2) is 34.9 Å². The Morgan fingerprint density at radius 2 is 0.647 bits per heavy atom. The van der Waals surface area contributed by atoms with Crippen LogP contribution in [0.2, 0.25) is 0 Å². The lowest BCUT2D eigenvalue weighted by molar-refractivity contribution is 0.586. The number of fused-ring (bicyclic) bond motifs is 2. The van der Waals surface area contributed by atoms with E-state index in [-0.39, 0.29) is 5.41 Å². The van der Waals surface area contributed by atoms with E-state index < -0.39 is 0 Å². The molecule has 0 saturated carbocycles. The number of hydrogen-bond acceptors (Lipinski definition) is 9. The van der Waals surface area contributed by atoms with Crippen LogP contribution >= 0.6 is 0 Å². The lowest BCUT2D eigenvalue weighted by Gasteiger charge is -2.40. The Morgan fingerprint density at radius 3 is 1.09 bits per heavy atom. The first kappa shape index (κ1) is 52.1. The second-order valence-electron chi connectivity index (χ2n) is 22.2. The molecule has 0 radical (unpaired) electrons. The van der Waals surface area contributed by atoms with Crippen LogP contribution in [0.1, 0.15) is 31.9 Å². The van der Waals surface area contributed by atoms with Crippen LogP contribution in [0.15, 0.2) is 273 Å². The van der Waals surface area contributed by atoms with Crippen LogP contribution in [0.5, 0.6) is 0 Å². The van der Waals surface area contributed by atoms with Gasteiger partial charge in [-0.1, -0.05) is 245 Å². The number of anilines is 6. The van der Waals surface area contributed by atoms with Crippen molar-refractivity contribution in [3.05, 3.63) is 284 Å². The topological polar surface area (TPSA) is 96.7 Å². The van der Waals surface area contributed by atoms with E-state index in [0.29, 0.717) is 29.1 Å². The highest BCUT2D eigenvalue weighted by Gasteiger charge is 2.36. The third kappa shape index (κ3) is 10.1. The van der Waals surface area contributed by atoms with Crippen molar-refractivity contribution in [1.82, 2.24) is 34.9 Å². The quantitative estimate of drug-likeness (QED) is 0.125. The number of aromatic nitrogens is 7. The van der Waals surface area contributed by atoms with Crippen molar-refractivity contribution in [2.75, 3.05) is 9.80 Å². The van der Waals surface area contributed by atoms with Gasteiger partial charge in [0.2, 0.25) is 0 Å². The van der Waals surface area contributed by atoms with E-state index in [1.165, 1.54) is 11.1 Å². The molecule has 0 aliphatic carbocycles. The molecular weight excluding hydrogens is 1040 g/mol. The molecule has 1 aliphatic heterocycles. The van der Waals surface area contributed by atoms with Crippen LogP contribution < -0.4 is 9.80 Å². The molecule has 0 unspecified atom stereocenters. The average molecular weight is 1100 g/mol. The molecule has 9 nitrogen and oxygen atoms in total. The van der Waals surface area contributed by atoms with E-state index >= 15 is 0 Å². The number of para-hydroxylation sites is 4. The highest BCUT2D eigenvalue weighted by molar-refractivity contribution is 6.07. The molecule has 3 aromatic heterocycles. The van der Waals surface area contributed by atoms with Gasteiger partial charge in [-0.05, 0) is 71.5 Å². The largest absolute Gasteiger partial charge is 0.306 e. The van der Waals surface area contributed by atoms with Crippen LogP contribution in [-0.4, -0.2) is 34.9 Å². The Hall–Kier alpha value is -11.0. The molecule has 0 amide bonds. The third-order valence-electron chi connectivity index (χ3n) is 15.6. The molecule has 406 valence electrons. The maximum Gasteiger partial charge on any atom is 0.166 e. The van der Waals surface area contributed by atoms with Crippen LogP contribution in [-0.2, 0) is 5.41 Å². The zero-order chi connectivity index (χ0) is 57.4. The Balaban J connectivity index is 1.10. The fraction of sp³-hybridized carbons (Fsp3) is 0.0658. The minimum absolute atomic E-state index is 0.216. The van der Waals surface area contributed by atoms with E-state index in [2.05, 4.69) is 226 Å². The molecule has 9 heteroatoms.